The Kier molecular flexibility index (Phi) is 2.01. The fourth-order valence-electron chi connectivity index (χ4n) is 2.06. The quantitative estimate of drug-likeness (QED) is 0.590. The van der Waals surface area contributed by atoms with Crippen LogP contribution < -0.4 is 4.90 Å². The molecular weight excluding hydrogens is 180 g/mol. The van der Waals surface area contributed by atoms with Gasteiger partial charge in [-0.2, -0.15) is 0 Å². The molecule has 0 fully saturated rings. The highest BCUT2D eigenvalue weighted by Crippen LogP contribution is 2.35. The zero-order valence-corrected chi connectivity index (χ0v) is 8.91. The highest BCUT2D eigenvalue weighted by Gasteiger charge is 2.34. The molecule has 1 aromatic rings. The van der Waals surface area contributed by atoms with E-state index >= 15 is 0 Å². The molecule has 1 heterocycles. The minimum Gasteiger partial charge on any atom is -0.359 e. The average molecular weight is 196 g/mol. The van der Waals surface area contributed by atoms with Crippen molar-refractivity contribution in [1.82, 2.24) is 5.16 Å². The van der Waals surface area contributed by atoms with Crippen LogP contribution >= 0.6 is 0 Å². The Labute approximate surface area is 83.4 Å². The molecule has 0 radical (unpaired) electrons. The lowest BCUT2D eigenvalue weighted by molar-refractivity contribution is -0.808. The van der Waals surface area contributed by atoms with Gasteiger partial charge in [-0.3, -0.25) is 4.63 Å². The van der Waals surface area contributed by atoms with Crippen molar-refractivity contribution in [2.75, 3.05) is 0 Å². The number of aromatic nitrogens is 2. The van der Waals surface area contributed by atoms with Crippen molar-refractivity contribution in [2.24, 2.45) is 11.3 Å². The number of aryl methyl sites for hydroxylation is 1. The predicted octanol–water partition coefficient (Wildman–Crippen LogP) is 1.46. The highest BCUT2D eigenvalue weighted by molar-refractivity contribution is 5.09. The molecule has 1 unspecified atom stereocenters. The minimum absolute atomic E-state index is 0.252. The highest BCUT2D eigenvalue weighted by atomic mass is 16.8. The first-order chi connectivity index (χ1) is 6.48. The second kappa shape index (κ2) is 2.97. The molecule has 0 spiro atoms. The number of hydrogen-bond donors (Lipinski definition) is 0. The topological polar surface area (TPSA) is 53.0 Å². The summed E-state index contributed by atoms with van der Waals surface area (Å²) in [6.07, 6.45) is 2.77. The van der Waals surface area contributed by atoms with Gasteiger partial charge in [-0.05, 0) is 22.7 Å². The lowest BCUT2D eigenvalue weighted by Gasteiger charge is -2.31. The van der Waals surface area contributed by atoms with Crippen LogP contribution in [0.25, 0.3) is 0 Å². The number of fused-ring (bicyclic) bond motifs is 1. The van der Waals surface area contributed by atoms with Gasteiger partial charge in [0, 0.05) is 18.0 Å². The molecule has 0 saturated heterocycles. The van der Waals surface area contributed by atoms with Crippen molar-refractivity contribution in [1.29, 1.82) is 0 Å². The van der Waals surface area contributed by atoms with Gasteiger partial charge in [0.1, 0.15) is 0 Å². The van der Waals surface area contributed by atoms with Gasteiger partial charge in [0.05, 0.1) is 0 Å². The predicted molar refractivity (Wildman–Crippen MR) is 50.4 cm³/mol. The number of rotatable bonds is 0. The Morgan fingerprint density at radius 2 is 2.21 bits per heavy atom. The van der Waals surface area contributed by atoms with Crippen LogP contribution in [0, 0.1) is 16.5 Å². The van der Waals surface area contributed by atoms with Gasteiger partial charge in [0.25, 0.3) is 0 Å². The third-order valence-electron chi connectivity index (χ3n) is 3.17. The Balaban J connectivity index is 2.24. The summed E-state index contributed by atoms with van der Waals surface area (Å²) in [6.45, 7) is 6.64. The second-order valence-corrected chi connectivity index (χ2v) is 5.13. The zero-order chi connectivity index (χ0) is 10.3. The second-order valence-electron chi connectivity index (χ2n) is 5.13. The molecular formula is C10H16N2O2. The first-order valence-corrected chi connectivity index (χ1v) is 5.06. The molecule has 4 nitrogen and oxygen atoms in total. The van der Waals surface area contributed by atoms with E-state index < -0.39 is 0 Å². The average Bonchev–Trinajstić information content (AvgIpc) is 2.46. The summed E-state index contributed by atoms with van der Waals surface area (Å²) in [4.78, 5) is 0.563. The Morgan fingerprint density at radius 1 is 1.50 bits per heavy atom. The summed E-state index contributed by atoms with van der Waals surface area (Å²) in [7, 11) is 0. The Bertz CT molecular complexity index is 338. The van der Waals surface area contributed by atoms with E-state index in [4.69, 9.17) is 0 Å². The monoisotopic (exact) mass is 196 g/mol. The smallest absolute Gasteiger partial charge is 0.221 e. The van der Waals surface area contributed by atoms with Crippen molar-refractivity contribution < 1.29 is 9.53 Å². The molecule has 1 aliphatic carbocycles. The van der Waals surface area contributed by atoms with Gasteiger partial charge < -0.3 is 5.21 Å². The molecule has 78 valence electrons. The van der Waals surface area contributed by atoms with Crippen LogP contribution in [0.3, 0.4) is 0 Å². The van der Waals surface area contributed by atoms with E-state index in [0.29, 0.717) is 10.8 Å². The summed E-state index contributed by atoms with van der Waals surface area (Å²) < 4.78 is 4.59. The van der Waals surface area contributed by atoms with Crippen molar-refractivity contribution in [3.05, 3.63) is 16.6 Å². The van der Waals surface area contributed by atoms with E-state index in [1.165, 1.54) is 0 Å². The fourth-order valence-corrected chi connectivity index (χ4v) is 2.06. The molecule has 0 N–H and O–H groups in total. The van der Waals surface area contributed by atoms with Crippen LogP contribution in [0.4, 0.5) is 0 Å². The first-order valence-electron chi connectivity index (χ1n) is 5.06. The van der Waals surface area contributed by atoms with E-state index in [9.17, 15) is 5.21 Å². The fraction of sp³-hybridized carbons (Fsp3) is 0.800. The Morgan fingerprint density at radius 3 is 2.86 bits per heavy atom. The molecule has 1 aromatic heterocycles. The Hall–Kier alpha value is -1.06. The van der Waals surface area contributed by atoms with E-state index in [1.807, 2.05) is 0 Å². The maximum Gasteiger partial charge on any atom is 0.221 e. The molecule has 0 aliphatic heterocycles. The molecule has 0 amide bonds. The SMILES string of the molecule is CC(C)(C)C1CCc2no[n+]([O-])c2C1. The third kappa shape index (κ3) is 1.49. The third-order valence-corrected chi connectivity index (χ3v) is 3.17. The molecule has 0 saturated carbocycles. The van der Waals surface area contributed by atoms with Crippen LogP contribution in [0.15, 0.2) is 4.63 Å². The van der Waals surface area contributed by atoms with Crippen molar-refractivity contribution >= 4 is 0 Å². The minimum atomic E-state index is 0.252. The summed E-state index contributed by atoms with van der Waals surface area (Å²) >= 11 is 0. The normalized spacial score (nSPS) is 22.1. The van der Waals surface area contributed by atoms with Crippen LogP contribution in [-0.2, 0) is 12.8 Å². The van der Waals surface area contributed by atoms with Gasteiger partial charge in [0.2, 0.25) is 5.69 Å². The number of hydrogen-bond acceptors (Lipinski definition) is 3. The summed E-state index contributed by atoms with van der Waals surface area (Å²) in [5, 5.41) is 15.0. The summed E-state index contributed by atoms with van der Waals surface area (Å²) in [5.74, 6) is 0.551. The van der Waals surface area contributed by atoms with Crippen molar-refractivity contribution in [2.45, 2.75) is 40.0 Å². The summed E-state index contributed by atoms with van der Waals surface area (Å²) in [5.41, 5.74) is 1.83. The number of nitrogens with zero attached hydrogens (tertiary/aromatic N) is 2. The molecule has 14 heavy (non-hydrogen) atoms. The molecule has 0 aromatic carbocycles. The van der Waals surface area contributed by atoms with Crippen LogP contribution in [0.2, 0.25) is 0 Å². The largest absolute Gasteiger partial charge is 0.359 e. The maximum absolute atomic E-state index is 11.2. The first kappa shape index (κ1) is 9.49. The van der Waals surface area contributed by atoms with E-state index in [1.54, 1.807) is 0 Å². The van der Waals surface area contributed by atoms with Crippen molar-refractivity contribution in [3.63, 3.8) is 0 Å². The molecule has 1 aliphatic rings. The molecule has 2 rings (SSSR count). The van der Waals surface area contributed by atoms with Crippen LogP contribution in [-0.4, -0.2) is 5.16 Å². The molecule has 0 bridgehead atoms. The molecule has 1 atom stereocenters. The van der Waals surface area contributed by atoms with E-state index in [0.717, 1.165) is 30.7 Å². The zero-order valence-electron chi connectivity index (χ0n) is 8.91. The van der Waals surface area contributed by atoms with Gasteiger partial charge in [-0.15, -0.1) is 0 Å². The summed E-state index contributed by atoms with van der Waals surface area (Å²) in [6, 6.07) is 0. The van der Waals surface area contributed by atoms with Crippen LogP contribution in [0.1, 0.15) is 38.6 Å². The molecule has 4 heteroatoms. The van der Waals surface area contributed by atoms with Crippen LogP contribution in [0.5, 0.6) is 0 Å². The standard InChI is InChI=1S/C10H16N2O2/c1-10(2,3)7-4-5-8-9(6-7)12(13)14-11-8/h7H,4-6H2,1-3H3. The van der Waals surface area contributed by atoms with Gasteiger partial charge in [-0.1, -0.05) is 20.8 Å². The lowest BCUT2D eigenvalue weighted by atomic mass is 9.73. The van der Waals surface area contributed by atoms with Gasteiger partial charge >= 0.3 is 0 Å². The van der Waals surface area contributed by atoms with Crippen molar-refractivity contribution in [3.8, 4) is 0 Å². The van der Waals surface area contributed by atoms with Gasteiger partial charge in [-0.25, -0.2) is 0 Å². The van der Waals surface area contributed by atoms with E-state index in [2.05, 4.69) is 30.6 Å². The van der Waals surface area contributed by atoms with E-state index in [-0.39, 0.29) is 5.41 Å². The van der Waals surface area contributed by atoms with Gasteiger partial charge in [0.15, 0.2) is 5.69 Å². The maximum atomic E-state index is 11.2. The lowest BCUT2D eigenvalue weighted by Crippen LogP contribution is -2.35.